The predicted molar refractivity (Wildman–Crippen MR) is 98.7 cm³/mol. The third-order valence-electron chi connectivity index (χ3n) is 5.39. The summed E-state index contributed by atoms with van der Waals surface area (Å²) in [5.74, 6) is 1.79. The van der Waals surface area contributed by atoms with Crippen LogP contribution in [-0.2, 0) is 23.8 Å². The highest BCUT2D eigenvalue weighted by molar-refractivity contribution is 6.17. The Bertz CT molecular complexity index is 713. The van der Waals surface area contributed by atoms with Crippen LogP contribution in [0, 0.1) is 5.92 Å². The number of hydrogen-bond donors (Lipinski definition) is 0. The van der Waals surface area contributed by atoms with Gasteiger partial charge in [0.05, 0.1) is 24.3 Å². The molecule has 1 aromatic carbocycles. The highest BCUT2D eigenvalue weighted by Crippen LogP contribution is 2.45. The van der Waals surface area contributed by atoms with Crippen LogP contribution < -0.4 is 4.74 Å². The maximum absolute atomic E-state index is 6.19. The Morgan fingerprint density at radius 1 is 1.12 bits per heavy atom. The second kappa shape index (κ2) is 7.76. The van der Waals surface area contributed by atoms with Crippen LogP contribution in [-0.4, -0.2) is 4.98 Å². The van der Waals surface area contributed by atoms with E-state index >= 15 is 0 Å². The molecular weight excluding hydrogens is 334 g/mol. The Morgan fingerprint density at radius 3 is 2.68 bits per heavy atom. The number of ether oxygens (including phenoxy) is 2. The van der Waals surface area contributed by atoms with Gasteiger partial charge in [-0.2, -0.15) is 0 Å². The Kier molecular flexibility index (Phi) is 5.23. The van der Waals surface area contributed by atoms with Gasteiger partial charge >= 0.3 is 0 Å². The van der Waals surface area contributed by atoms with Crippen molar-refractivity contribution in [2.45, 2.75) is 57.3 Å². The van der Waals surface area contributed by atoms with Gasteiger partial charge in [0.15, 0.2) is 0 Å². The summed E-state index contributed by atoms with van der Waals surface area (Å²) in [5.41, 5.74) is 4.31. The van der Waals surface area contributed by atoms with Crippen molar-refractivity contribution in [2.24, 2.45) is 5.92 Å². The SMILES string of the molecule is ClCc1ncc2c(c1OCc1ccccc1)COC2C1CCCCC1. The molecule has 1 aromatic heterocycles. The summed E-state index contributed by atoms with van der Waals surface area (Å²) in [4.78, 5) is 4.59. The number of alkyl halides is 1. The van der Waals surface area contributed by atoms with E-state index < -0.39 is 0 Å². The minimum absolute atomic E-state index is 0.172. The van der Waals surface area contributed by atoms with Gasteiger partial charge in [0.2, 0.25) is 0 Å². The van der Waals surface area contributed by atoms with Gasteiger partial charge in [-0.05, 0) is 24.3 Å². The number of hydrogen-bond acceptors (Lipinski definition) is 3. The summed E-state index contributed by atoms with van der Waals surface area (Å²) < 4.78 is 12.4. The summed E-state index contributed by atoms with van der Waals surface area (Å²) in [5, 5.41) is 0. The molecule has 0 saturated heterocycles. The molecule has 0 amide bonds. The van der Waals surface area contributed by atoms with Gasteiger partial charge in [-0.3, -0.25) is 4.98 Å². The number of aromatic nitrogens is 1. The standard InChI is InChI=1S/C21H24ClNO2/c22-11-19-21(24-13-15-7-3-1-4-8-15)18-14-25-20(17(18)12-23-19)16-9-5-2-6-10-16/h1,3-4,7-8,12,16,20H,2,5-6,9-11,13-14H2. The average Bonchev–Trinajstić information content (AvgIpc) is 3.12. The number of fused-ring (bicyclic) bond motifs is 1. The third-order valence-corrected chi connectivity index (χ3v) is 5.64. The molecule has 2 heterocycles. The van der Waals surface area contributed by atoms with Crippen LogP contribution in [0.15, 0.2) is 36.5 Å². The average molecular weight is 358 g/mol. The molecule has 4 rings (SSSR count). The Balaban J connectivity index is 1.59. The molecule has 3 nitrogen and oxygen atoms in total. The lowest BCUT2D eigenvalue weighted by Gasteiger charge is -2.27. The van der Waals surface area contributed by atoms with Crippen LogP contribution in [0.2, 0.25) is 0 Å². The Labute approximate surface area is 154 Å². The summed E-state index contributed by atoms with van der Waals surface area (Å²) in [6.07, 6.45) is 8.61. The summed E-state index contributed by atoms with van der Waals surface area (Å²) in [6, 6.07) is 10.2. The lowest BCUT2D eigenvalue weighted by molar-refractivity contribution is 0.0101. The van der Waals surface area contributed by atoms with Gasteiger partial charge in [0.1, 0.15) is 12.4 Å². The summed E-state index contributed by atoms with van der Waals surface area (Å²) in [7, 11) is 0. The summed E-state index contributed by atoms with van der Waals surface area (Å²) in [6.45, 7) is 1.13. The molecule has 1 fully saturated rings. The zero-order valence-corrected chi connectivity index (χ0v) is 15.2. The number of pyridine rings is 1. The lowest BCUT2D eigenvalue weighted by Crippen LogP contribution is -2.16. The first-order valence-electron chi connectivity index (χ1n) is 9.21. The minimum Gasteiger partial charge on any atom is -0.487 e. The second-order valence-electron chi connectivity index (χ2n) is 7.01. The van der Waals surface area contributed by atoms with E-state index in [4.69, 9.17) is 21.1 Å². The molecule has 0 radical (unpaired) electrons. The smallest absolute Gasteiger partial charge is 0.148 e. The molecule has 1 atom stereocenters. The van der Waals surface area contributed by atoms with Gasteiger partial charge in [-0.15, -0.1) is 11.6 Å². The van der Waals surface area contributed by atoms with Crippen molar-refractivity contribution in [3.05, 3.63) is 58.9 Å². The van der Waals surface area contributed by atoms with Crippen LogP contribution in [0.5, 0.6) is 5.75 Å². The van der Waals surface area contributed by atoms with Crippen molar-refractivity contribution in [1.29, 1.82) is 0 Å². The molecule has 1 aliphatic heterocycles. The first-order chi connectivity index (χ1) is 12.4. The van der Waals surface area contributed by atoms with E-state index in [2.05, 4.69) is 17.1 Å². The predicted octanol–water partition coefficient (Wildman–Crippen LogP) is 5.55. The maximum Gasteiger partial charge on any atom is 0.148 e. The lowest BCUT2D eigenvalue weighted by atomic mass is 9.83. The molecule has 1 aliphatic carbocycles. The number of halogens is 1. The van der Waals surface area contributed by atoms with Crippen molar-refractivity contribution in [3.63, 3.8) is 0 Å². The molecule has 2 aliphatic rings. The van der Waals surface area contributed by atoms with Crippen molar-refractivity contribution >= 4 is 11.6 Å². The molecule has 0 N–H and O–H groups in total. The van der Waals surface area contributed by atoms with Crippen molar-refractivity contribution < 1.29 is 9.47 Å². The van der Waals surface area contributed by atoms with Gasteiger partial charge in [-0.25, -0.2) is 0 Å². The summed E-state index contributed by atoms with van der Waals surface area (Å²) >= 11 is 6.12. The van der Waals surface area contributed by atoms with Gasteiger partial charge in [-0.1, -0.05) is 49.6 Å². The normalized spacial score (nSPS) is 20.4. The fraction of sp³-hybridized carbons (Fsp3) is 0.476. The maximum atomic E-state index is 6.19. The molecule has 132 valence electrons. The van der Waals surface area contributed by atoms with Crippen molar-refractivity contribution in [2.75, 3.05) is 0 Å². The third kappa shape index (κ3) is 3.54. The van der Waals surface area contributed by atoms with Gasteiger partial charge in [0, 0.05) is 17.3 Å². The number of benzene rings is 1. The van der Waals surface area contributed by atoms with Gasteiger partial charge in [0.25, 0.3) is 0 Å². The topological polar surface area (TPSA) is 31.4 Å². The largest absolute Gasteiger partial charge is 0.487 e. The first kappa shape index (κ1) is 16.9. The number of rotatable bonds is 5. The minimum atomic E-state index is 0.172. The van der Waals surface area contributed by atoms with E-state index in [-0.39, 0.29) is 6.10 Å². The van der Waals surface area contributed by atoms with Gasteiger partial charge < -0.3 is 9.47 Å². The van der Waals surface area contributed by atoms with E-state index in [9.17, 15) is 0 Å². The quantitative estimate of drug-likeness (QED) is 0.657. The van der Waals surface area contributed by atoms with E-state index in [0.29, 0.717) is 25.0 Å². The Morgan fingerprint density at radius 2 is 1.92 bits per heavy atom. The van der Waals surface area contributed by atoms with E-state index in [0.717, 1.165) is 22.6 Å². The zero-order valence-electron chi connectivity index (χ0n) is 14.4. The number of nitrogens with zero attached hydrogens (tertiary/aromatic N) is 1. The molecule has 1 unspecified atom stereocenters. The van der Waals surface area contributed by atoms with Crippen LogP contribution in [0.4, 0.5) is 0 Å². The molecule has 2 aromatic rings. The highest BCUT2D eigenvalue weighted by atomic mass is 35.5. The van der Waals surface area contributed by atoms with Crippen molar-refractivity contribution in [3.8, 4) is 5.75 Å². The highest BCUT2D eigenvalue weighted by Gasteiger charge is 2.34. The molecule has 25 heavy (non-hydrogen) atoms. The van der Waals surface area contributed by atoms with E-state index in [1.54, 1.807) is 0 Å². The fourth-order valence-electron chi connectivity index (χ4n) is 4.07. The van der Waals surface area contributed by atoms with E-state index in [1.807, 2.05) is 24.4 Å². The van der Waals surface area contributed by atoms with E-state index in [1.165, 1.54) is 37.7 Å². The van der Waals surface area contributed by atoms with Crippen LogP contribution in [0.25, 0.3) is 0 Å². The zero-order chi connectivity index (χ0) is 17.1. The fourth-order valence-corrected chi connectivity index (χ4v) is 4.26. The molecule has 4 heteroatoms. The van der Waals surface area contributed by atoms with Crippen LogP contribution >= 0.6 is 11.6 Å². The monoisotopic (exact) mass is 357 g/mol. The molecule has 1 saturated carbocycles. The molecular formula is C21H24ClNO2. The first-order valence-corrected chi connectivity index (χ1v) is 9.75. The van der Waals surface area contributed by atoms with Crippen LogP contribution in [0.1, 0.15) is 60.6 Å². The second-order valence-corrected chi connectivity index (χ2v) is 7.27. The van der Waals surface area contributed by atoms with Crippen molar-refractivity contribution in [1.82, 2.24) is 4.98 Å². The Hall–Kier alpha value is -1.58. The van der Waals surface area contributed by atoms with Crippen LogP contribution in [0.3, 0.4) is 0 Å². The molecule has 0 spiro atoms. The molecule has 0 bridgehead atoms.